The van der Waals surface area contributed by atoms with Crippen LogP contribution >= 0.6 is 0 Å². The summed E-state index contributed by atoms with van der Waals surface area (Å²) in [5.41, 5.74) is 1.64. The van der Waals surface area contributed by atoms with E-state index >= 15 is 0 Å². The number of hydrogen-bond donors (Lipinski definition) is 3. The highest BCUT2D eigenvalue weighted by molar-refractivity contribution is 6.06. The molecular weight excluding hydrogens is 556 g/mol. The molecule has 1 unspecified atom stereocenters. The quantitative estimate of drug-likeness (QED) is 0.203. The van der Waals surface area contributed by atoms with E-state index in [0.29, 0.717) is 54.2 Å². The van der Waals surface area contributed by atoms with E-state index < -0.39 is 23.6 Å². The molecule has 4 rings (SSSR count). The van der Waals surface area contributed by atoms with Crippen molar-refractivity contribution in [3.8, 4) is 5.75 Å². The molecule has 2 aliphatic heterocycles. The van der Waals surface area contributed by atoms with Crippen molar-refractivity contribution in [3.05, 3.63) is 53.6 Å². The number of imide groups is 1. The highest BCUT2D eigenvalue weighted by Crippen LogP contribution is 2.34. The number of azo groups is 1. The van der Waals surface area contributed by atoms with Gasteiger partial charge in [-0.05, 0) is 76.4 Å². The number of alkyl carbamates (subject to hydrolysis) is 1. The second-order valence-electron chi connectivity index (χ2n) is 11.2. The summed E-state index contributed by atoms with van der Waals surface area (Å²) < 4.78 is 10.7. The smallest absolute Gasteiger partial charge is 0.407 e. The van der Waals surface area contributed by atoms with E-state index in [1.54, 1.807) is 63.2 Å². The van der Waals surface area contributed by atoms with Crippen LogP contribution in [0.25, 0.3) is 0 Å². The van der Waals surface area contributed by atoms with Gasteiger partial charge in [0.25, 0.3) is 11.8 Å². The highest BCUT2D eigenvalue weighted by atomic mass is 16.6. The largest absolute Gasteiger partial charge is 0.484 e. The Bertz CT molecular complexity index is 1400. The Morgan fingerprint density at radius 3 is 2.42 bits per heavy atom. The predicted molar refractivity (Wildman–Crippen MR) is 155 cm³/mol. The molecule has 5 amide bonds. The maximum Gasteiger partial charge on any atom is 0.407 e. The second kappa shape index (κ2) is 13.9. The van der Waals surface area contributed by atoms with Crippen molar-refractivity contribution >= 4 is 41.1 Å². The number of nitrogens with one attached hydrogen (secondary N) is 3. The minimum absolute atomic E-state index is 0.148. The van der Waals surface area contributed by atoms with E-state index in [1.807, 2.05) is 0 Å². The topological polar surface area (TPSA) is 168 Å². The normalized spacial score (nSPS) is 16.6. The molecule has 0 saturated carbocycles. The van der Waals surface area contributed by atoms with Gasteiger partial charge in [0.2, 0.25) is 11.8 Å². The third-order valence-corrected chi connectivity index (χ3v) is 6.63. The third kappa shape index (κ3) is 8.84. The number of benzene rings is 2. The molecular formula is C30H36N6O7. The molecule has 2 aliphatic rings. The molecule has 1 fully saturated rings. The van der Waals surface area contributed by atoms with E-state index in [9.17, 15) is 24.0 Å². The molecule has 0 spiro atoms. The zero-order valence-corrected chi connectivity index (χ0v) is 24.5. The van der Waals surface area contributed by atoms with Gasteiger partial charge in [-0.15, -0.1) is 0 Å². The van der Waals surface area contributed by atoms with Crippen molar-refractivity contribution in [2.75, 3.05) is 19.7 Å². The van der Waals surface area contributed by atoms with E-state index in [0.717, 1.165) is 0 Å². The summed E-state index contributed by atoms with van der Waals surface area (Å²) in [4.78, 5) is 62.0. The maximum absolute atomic E-state index is 13.0. The van der Waals surface area contributed by atoms with Crippen molar-refractivity contribution in [2.45, 2.75) is 64.6 Å². The molecule has 2 aromatic carbocycles. The minimum atomic E-state index is -0.704. The molecule has 228 valence electrons. The lowest BCUT2D eigenvalue weighted by atomic mass is 10.0. The minimum Gasteiger partial charge on any atom is -0.484 e. The van der Waals surface area contributed by atoms with Crippen LogP contribution in [0.3, 0.4) is 0 Å². The Labute approximate surface area is 249 Å². The van der Waals surface area contributed by atoms with Gasteiger partial charge in [-0.2, -0.15) is 10.2 Å². The van der Waals surface area contributed by atoms with Gasteiger partial charge < -0.3 is 25.0 Å². The van der Waals surface area contributed by atoms with Gasteiger partial charge in [0.05, 0.1) is 11.4 Å². The summed E-state index contributed by atoms with van der Waals surface area (Å²) in [6, 6.07) is 11.2. The van der Waals surface area contributed by atoms with Crippen molar-refractivity contribution in [3.63, 3.8) is 0 Å². The summed E-state index contributed by atoms with van der Waals surface area (Å²) in [7, 11) is 0. The van der Waals surface area contributed by atoms with Crippen molar-refractivity contribution in [1.29, 1.82) is 0 Å². The number of rotatable bonds is 11. The van der Waals surface area contributed by atoms with E-state index in [2.05, 4.69) is 26.2 Å². The van der Waals surface area contributed by atoms with E-state index in [1.165, 1.54) is 4.90 Å². The van der Waals surface area contributed by atoms with Crippen molar-refractivity contribution in [2.24, 2.45) is 10.2 Å². The molecule has 0 bridgehead atoms. The van der Waals surface area contributed by atoms with Gasteiger partial charge in [-0.1, -0.05) is 6.07 Å². The summed E-state index contributed by atoms with van der Waals surface area (Å²) >= 11 is 0. The fourth-order valence-corrected chi connectivity index (χ4v) is 4.57. The Kier molecular flexibility index (Phi) is 10.1. The van der Waals surface area contributed by atoms with Gasteiger partial charge in [-0.3, -0.25) is 24.5 Å². The Hall–Kier alpha value is -4.81. The average Bonchev–Trinajstić information content (AvgIpc) is 3.28. The predicted octanol–water partition coefficient (Wildman–Crippen LogP) is 3.66. The van der Waals surface area contributed by atoms with Gasteiger partial charge in [-0.25, -0.2) is 4.79 Å². The van der Waals surface area contributed by atoms with Gasteiger partial charge in [0.15, 0.2) is 6.61 Å². The van der Waals surface area contributed by atoms with Crippen molar-refractivity contribution < 1.29 is 33.4 Å². The number of carbonyl (C=O) groups is 5. The summed E-state index contributed by atoms with van der Waals surface area (Å²) in [6.45, 7) is 6.36. The Balaban J connectivity index is 1.20. The number of amides is 5. The van der Waals surface area contributed by atoms with E-state index in [-0.39, 0.29) is 43.7 Å². The first kappa shape index (κ1) is 31.1. The first-order valence-corrected chi connectivity index (χ1v) is 14.1. The Morgan fingerprint density at radius 2 is 1.72 bits per heavy atom. The number of hydrogen-bond acceptors (Lipinski definition) is 9. The Morgan fingerprint density at radius 1 is 1.00 bits per heavy atom. The lowest BCUT2D eigenvalue weighted by molar-refractivity contribution is -0.137. The number of piperidine rings is 1. The summed E-state index contributed by atoms with van der Waals surface area (Å²) in [5, 5.41) is 16.4. The van der Waals surface area contributed by atoms with Crippen LogP contribution in [0.5, 0.6) is 5.75 Å². The molecule has 0 aliphatic carbocycles. The van der Waals surface area contributed by atoms with Crippen LogP contribution in [0.4, 0.5) is 16.2 Å². The third-order valence-electron chi connectivity index (χ3n) is 6.63. The molecule has 0 aromatic heterocycles. The van der Waals surface area contributed by atoms with Crippen LogP contribution in [0, 0.1) is 0 Å². The lowest BCUT2D eigenvalue weighted by Gasteiger charge is -2.29. The SMILES string of the molecule is CC(C)(C)OC(=O)NCCCCNC(=O)COc1ccc(/N=N/c2cccc3c2CN(C2CCC(=O)NC2=O)C3=O)cc1. The van der Waals surface area contributed by atoms with E-state index in [4.69, 9.17) is 9.47 Å². The van der Waals surface area contributed by atoms with Crippen LogP contribution in [0.1, 0.15) is 62.4 Å². The maximum atomic E-state index is 13.0. The van der Waals surface area contributed by atoms with Gasteiger partial charge >= 0.3 is 6.09 Å². The summed E-state index contributed by atoms with van der Waals surface area (Å²) in [5.74, 6) is -0.852. The number of fused-ring (bicyclic) bond motifs is 1. The average molecular weight is 593 g/mol. The molecule has 13 nitrogen and oxygen atoms in total. The zero-order chi connectivity index (χ0) is 31.0. The zero-order valence-electron chi connectivity index (χ0n) is 24.5. The van der Waals surface area contributed by atoms with Crippen LogP contribution in [-0.4, -0.2) is 66.0 Å². The number of carbonyl (C=O) groups excluding carboxylic acids is 5. The molecule has 0 radical (unpaired) electrons. The molecule has 2 aromatic rings. The van der Waals surface area contributed by atoms with Gasteiger partial charge in [0.1, 0.15) is 17.4 Å². The fraction of sp³-hybridized carbons (Fsp3) is 0.433. The van der Waals surface area contributed by atoms with Gasteiger partial charge in [0, 0.05) is 37.2 Å². The van der Waals surface area contributed by atoms with Crippen LogP contribution in [0.15, 0.2) is 52.7 Å². The van der Waals surface area contributed by atoms with Crippen LogP contribution in [-0.2, 0) is 25.7 Å². The lowest BCUT2D eigenvalue weighted by Crippen LogP contribution is -2.52. The molecule has 1 saturated heterocycles. The summed E-state index contributed by atoms with van der Waals surface area (Å²) in [6.07, 6.45) is 1.39. The van der Waals surface area contributed by atoms with Crippen LogP contribution in [0.2, 0.25) is 0 Å². The number of nitrogens with zero attached hydrogens (tertiary/aromatic N) is 3. The highest BCUT2D eigenvalue weighted by Gasteiger charge is 2.39. The molecule has 13 heteroatoms. The van der Waals surface area contributed by atoms with Crippen molar-refractivity contribution in [1.82, 2.24) is 20.9 Å². The first-order chi connectivity index (χ1) is 20.5. The fourth-order valence-electron chi connectivity index (χ4n) is 4.57. The first-order valence-electron chi connectivity index (χ1n) is 14.1. The standard InChI is InChI=1S/C30H36N6O7/c1-30(2,3)43-29(41)32-16-5-4-15-31-26(38)18-42-20-11-9-19(10-12-20)34-35-23-8-6-7-21-22(23)17-36(28(21)40)24-13-14-25(37)33-27(24)39/h6-12,24H,4-5,13-18H2,1-3H3,(H,31,38)(H,32,41)(H,33,37,39)/b35-34+. The molecule has 2 heterocycles. The second-order valence-corrected chi connectivity index (χ2v) is 11.2. The monoisotopic (exact) mass is 592 g/mol. The number of unbranched alkanes of at least 4 members (excludes halogenated alkanes) is 1. The number of ether oxygens (including phenoxy) is 2. The van der Waals surface area contributed by atoms with Crippen LogP contribution < -0.4 is 20.7 Å². The molecule has 3 N–H and O–H groups in total. The molecule has 1 atom stereocenters. The molecule has 43 heavy (non-hydrogen) atoms.